The smallest absolute Gasteiger partial charge is 0.367 e. The molecule has 0 aliphatic rings. The van der Waals surface area contributed by atoms with E-state index >= 15 is 0 Å². The van der Waals surface area contributed by atoms with Gasteiger partial charge in [-0.3, -0.25) is 4.57 Å². The second kappa shape index (κ2) is 9.48. The maximum atomic E-state index is 12.4. The van der Waals surface area contributed by atoms with Gasteiger partial charge in [0.25, 0.3) is 0 Å². The Hall–Kier alpha value is -0.450. The summed E-state index contributed by atoms with van der Waals surface area (Å²) in [6.07, 6.45) is 0.118. The molecule has 0 heterocycles. The lowest BCUT2D eigenvalue weighted by atomic mass is 10.3. The minimum absolute atomic E-state index is 0.00588. The molecule has 6 nitrogen and oxygen atoms in total. The molecule has 0 aromatic heterocycles. The van der Waals surface area contributed by atoms with E-state index in [1.54, 1.807) is 13.8 Å². The first-order valence-corrected chi connectivity index (χ1v) is 7.21. The van der Waals surface area contributed by atoms with Crippen molar-refractivity contribution in [3.8, 4) is 0 Å². The van der Waals surface area contributed by atoms with Gasteiger partial charge in [-0.2, -0.15) is 0 Å². The Morgan fingerprint density at radius 1 is 1.39 bits per heavy atom. The van der Waals surface area contributed by atoms with Gasteiger partial charge in [-0.1, -0.05) is 0 Å². The van der Waals surface area contributed by atoms with Crippen molar-refractivity contribution in [1.29, 1.82) is 0 Å². The van der Waals surface area contributed by atoms with E-state index < -0.39 is 20.3 Å². The quantitative estimate of drug-likeness (QED) is 0.489. The molecule has 0 spiro atoms. The predicted octanol–water partition coefficient (Wildman–Crippen LogP) is 1.29. The van der Waals surface area contributed by atoms with Crippen LogP contribution in [0.2, 0.25) is 0 Å². The Morgan fingerprint density at radius 2 is 1.94 bits per heavy atom. The Bertz CT molecular complexity index is 324. The first-order chi connectivity index (χ1) is 8.53. The molecule has 7 heteroatoms. The summed E-state index contributed by atoms with van der Waals surface area (Å²) in [5, 5.41) is 18.1. The average Bonchev–Trinajstić information content (AvgIpc) is 2.34. The van der Waals surface area contributed by atoms with Gasteiger partial charge in [-0.25, -0.2) is 0 Å². The molecule has 0 saturated carbocycles. The summed E-state index contributed by atoms with van der Waals surface area (Å²) in [5.74, 6) is 0. The number of hydrogen-bond acceptors (Lipinski definition) is 6. The number of methoxy groups -OCH3 is 1. The molecule has 0 aliphatic heterocycles. The fourth-order valence-electron chi connectivity index (χ4n) is 1.11. The van der Waals surface area contributed by atoms with Gasteiger partial charge in [-0.05, 0) is 19.9 Å². The second-order valence-corrected chi connectivity index (χ2v) is 5.32. The van der Waals surface area contributed by atoms with Crippen LogP contribution in [0.1, 0.15) is 13.8 Å². The van der Waals surface area contributed by atoms with E-state index in [2.05, 4.69) is 5.73 Å². The summed E-state index contributed by atoms with van der Waals surface area (Å²) in [7, 11) is -2.02. The highest BCUT2D eigenvalue weighted by atomic mass is 31.2. The minimum Gasteiger partial charge on any atom is -0.393 e. The first kappa shape index (κ1) is 17.6. The van der Waals surface area contributed by atoms with Crippen molar-refractivity contribution in [2.75, 3.05) is 33.5 Å². The zero-order valence-corrected chi connectivity index (χ0v) is 11.9. The van der Waals surface area contributed by atoms with E-state index in [-0.39, 0.29) is 25.1 Å². The largest absolute Gasteiger partial charge is 0.393 e. The molecular weight excluding hydrogens is 259 g/mol. The molecule has 0 rings (SSSR count). The molecule has 2 N–H and O–H groups in total. The first-order valence-electron chi connectivity index (χ1n) is 5.67. The van der Waals surface area contributed by atoms with E-state index in [1.165, 1.54) is 13.2 Å². The fraction of sp³-hybridized carbons (Fsp3) is 0.727. The van der Waals surface area contributed by atoms with Crippen LogP contribution in [0.3, 0.4) is 0 Å². The molecule has 0 radical (unpaired) electrons. The molecule has 18 heavy (non-hydrogen) atoms. The molecule has 0 amide bonds. The SMILES string of the molecule is CCOP(=O)(OCC)C(=C=C[C@@H](O)CO)COC. The van der Waals surface area contributed by atoms with Gasteiger partial charge in [0.05, 0.1) is 26.4 Å². The molecule has 0 saturated heterocycles. The van der Waals surface area contributed by atoms with Crippen molar-refractivity contribution < 1.29 is 28.6 Å². The molecule has 0 aromatic carbocycles. The molecule has 0 unspecified atom stereocenters. The maximum absolute atomic E-state index is 12.4. The van der Waals surface area contributed by atoms with Crippen LogP contribution in [0.25, 0.3) is 0 Å². The van der Waals surface area contributed by atoms with E-state index in [1.807, 2.05) is 0 Å². The Kier molecular flexibility index (Phi) is 9.24. The normalized spacial score (nSPS) is 12.9. The van der Waals surface area contributed by atoms with Crippen LogP contribution in [0.4, 0.5) is 0 Å². The van der Waals surface area contributed by atoms with Crippen molar-refractivity contribution in [1.82, 2.24) is 0 Å². The molecule has 106 valence electrons. The van der Waals surface area contributed by atoms with Crippen LogP contribution < -0.4 is 0 Å². The van der Waals surface area contributed by atoms with E-state index in [9.17, 15) is 9.67 Å². The van der Waals surface area contributed by atoms with Crippen LogP contribution >= 0.6 is 7.60 Å². The summed E-state index contributed by atoms with van der Waals surface area (Å²) in [5.41, 5.74) is 2.63. The number of rotatable bonds is 9. The van der Waals surface area contributed by atoms with Crippen LogP contribution in [0.5, 0.6) is 0 Å². The summed E-state index contributed by atoms with van der Waals surface area (Å²) < 4.78 is 27.6. The third-order valence-electron chi connectivity index (χ3n) is 1.84. The zero-order chi connectivity index (χ0) is 14.0. The van der Waals surface area contributed by atoms with Crippen molar-refractivity contribution >= 4 is 7.60 Å². The Balaban J connectivity index is 5.27. The summed E-state index contributed by atoms with van der Waals surface area (Å²) in [6, 6.07) is 0. The molecule has 0 fully saturated rings. The molecule has 0 aliphatic carbocycles. The van der Waals surface area contributed by atoms with Crippen LogP contribution in [0.15, 0.2) is 17.1 Å². The van der Waals surface area contributed by atoms with Crippen LogP contribution in [-0.2, 0) is 18.3 Å². The number of hydrogen-bond donors (Lipinski definition) is 2. The molecule has 1 atom stereocenters. The lowest BCUT2D eigenvalue weighted by molar-refractivity contribution is 0.131. The molecule has 0 aromatic rings. The second-order valence-electron chi connectivity index (χ2n) is 3.27. The highest BCUT2D eigenvalue weighted by Gasteiger charge is 2.29. The third-order valence-corrected chi connectivity index (χ3v) is 3.95. The van der Waals surface area contributed by atoms with Crippen molar-refractivity contribution in [2.45, 2.75) is 20.0 Å². The van der Waals surface area contributed by atoms with Crippen LogP contribution in [-0.4, -0.2) is 49.9 Å². The zero-order valence-electron chi connectivity index (χ0n) is 11.0. The topological polar surface area (TPSA) is 85.2 Å². The molecule has 0 bridgehead atoms. The fourth-order valence-corrected chi connectivity index (χ4v) is 2.70. The van der Waals surface area contributed by atoms with Crippen molar-refractivity contribution in [3.05, 3.63) is 17.1 Å². The standard InChI is InChI=1S/C11H21O6P/c1-4-16-18(14,17-5-2)11(9-15-3)7-6-10(13)8-12/h6,10,12-13H,4-5,8-9H2,1-3H3/t7?,10-/m1/s1. The molecular formula is C11H21O6P. The van der Waals surface area contributed by atoms with Gasteiger partial charge in [0.2, 0.25) is 0 Å². The number of ether oxygens (including phenoxy) is 1. The van der Waals surface area contributed by atoms with E-state index in [0.29, 0.717) is 0 Å². The van der Waals surface area contributed by atoms with Gasteiger partial charge >= 0.3 is 7.60 Å². The third kappa shape index (κ3) is 5.94. The van der Waals surface area contributed by atoms with Gasteiger partial charge in [0, 0.05) is 7.11 Å². The highest BCUT2D eigenvalue weighted by Crippen LogP contribution is 2.55. The summed E-state index contributed by atoms with van der Waals surface area (Å²) in [4.78, 5) is 0. The Labute approximate surface area is 107 Å². The lowest BCUT2D eigenvalue weighted by Gasteiger charge is -2.18. The minimum atomic E-state index is -3.46. The summed E-state index contributed by atoms with van der Waals surface area (Å²) in [6.45, 7) is 3.39. The van der Waals surface area contributed by atoms with Gasteiger partial charge in [0.1, 0.15) is 11.4 Å². The van der Waals surface area contributed by atoms with E-state index in [0.717, 1.165) is 0 Å². The lowest BCUT2D eigenvalue weighted by Crippen LogP contribution is -2.07. The van der Waals surface area contributed by atoms with Crippen LogP contribution in [0, 0.1) is 0 Å². The maximum Gasteiger partial charge on any atom is 0.367 e. The summed E-state index contributed by atoms with van der Waals surface area (Å²) >= 11 is 0. The monoisotopic (exact) mass is 280 g/mol. The predicted molar refractivity (Wildman–Crippen MR) is 67.4 cm³/mol. The van der Waals surface area contributed by atoms with Crippen molar-refractivity contribution in [3.63, 3.8) is 0 Å². The Morgan fingerprint density at radius 3 is 2.33 bits per heavy atom. The van der Waals surface area contributed by atoms with E-state index in [4.69, 9.17) is 18.9 Å². The highest BCUT2D eigenvalue weighted by molar-refractivity contribution is 7.58. The van der Waals surface area contributed by atoms with Gasteiger partial charge in [-0.15, -0.1) is 5.73 Å². The number of aliphatic hydroxyl groups excluding tert-OH is 2. The van der Waals surface area contributed by atoms with Gasteiger partial charge < -0.3 is 24.0 Å². The van der Waals surface area contributed by atoms with Crippen molar-refractivity contribution in [2.24, 2.45) is 0 Å². The number of aliphatic hydroxyl groups is 2. The average molecular weight is 280 g/mol. The van der Waals surface area contributed by atoms with Gasteiger partial charge in [0.15, 0.2) is 0 Å².